The lowest BCUT2D eigenvalue weighted by Crippen LogP contribution is -2.47. The second kappa shape index (κ2) is 7.79. The molecule has 2 unspecified atom stereocenters. The highest BCUT2D eigenvalue weighted by Crippen LogP contribution is 2.32. The number of aliphatic hydroxyl groups is 1. The second-order valence-corrected chi connectivity index (χ2v) is 7.33. The van der Waals surface area contributed by atoms with Gasteiger partial charge in [0.25, 0.3) is 5.91 Å². The van der Waals surface area contributed by atoms with Gasteiger partial charge in [0, 0.05) is 24.4 Å². The average Bonchev–Trinajstić information content (AvgIpc) is 2.95. The molecule has 3 rings (SSSR count). The lowest BCUT2D eigenvalue weighted by atomic mass is 9.92. The summed E-state index contributed by atoms with van der Waals surface area (Å²) in [6, 6.07) is 13.3. The lowest BCUT2D eigenvalue weighted by molar-refractivity contribution is -0.154. The number of aryl methyl sites for hydroxylation is 1. The van der Waals surface area contributed by atoms with Gasteiger partial charge in [-0.05, 0) is 42.7 Å². The van der Waals surface area contributed by atoms with Gasteiger partial charge >= 0.3 is 0 Å². The fourth-order valence-electron chi connectivity index (χ4n) is 3.49. The van der Waals surface area contributed by atoms with E-state index in [1.807, 2.05) is 37.3 Å². The van der Waals surface area contributed by atoms with E-state index in [4.69, 9.17) is 11.6 Å². The number of carbonyl (C=O) groups is 2. The smallest absolute Gasteiger partial charge is 0.262 e. The Labute approximate surface area is 162 Å². The van der Waals surface area contributed by atoms with Crippen molar-refractivity contribution in [1.29, 1.82) is 0 Å². The van der Waals surface area contributed by atoms with Gasteiger partial charge in [0.1, 0.15) is 5.82 Å². The van der Waals surface area contributed by atoms with E-state index in [1.165, 1.54) is 17.0 Å². The molecule has 2 aromatic rings. The number of benzene rings is 2. The summed E-state index contributed by atoms with van der Waals surface area (Å²) in [6.07, 6.45) is 0.210. The van der Waals surface area contributed by atoms with Crippen LogP contribution < -0.4 is 0 Å². The fourth-order valence-corrected chi connectivity index (χ4v) is 3.73. The van der Waals surface area contributed by atoms with Gasteiger partial charge in [-0.25, -0.2) is 4.39 Å². The monoisotopic (exact) mass is 389 g/mol. The molecule has 6 heteroatoms. The minimum Gasteiger partial charge on any atom is -0.373 e. The zero-order valence-corrected chi connectivity index (χ0v) is 15.7. The third-order valence-corrected chi connectivity index (χ3v) is 5.32. The van der Waals surface area contributed by atoms with Crippen molar-refractivity contribution in [2.45, 2.75) is 37.8 Å². The maximum absolute atomic E-state index is 13.4. The first-order valence-electron chi connectivity index (χ1n) is 8.88. The molecule has 1 N–H and O–H groups in total. The molecule has 1 fully saturated rings. The first-order chi connectivity index (χ1) is 12.8. The first-order valence-corrected chi connectivity index (χ1v) is 9.26. The Hall–Kier alpha value is -2.24. The molecule has 27 heavy (non-hydrogen) atoms. The highest BCUT2D eigenvalue weighted by Gasteiger charge is 2.51. The number of carbonyl (C=O) groups excluding carboxylic acids is 2. The van der Waals surface area contributed by atoms with Gasteiger partial charge in [-0.2, -0.15) is 0 Å². The van der Waals surface area contributed by atoms with Gasteiger partial charge in [0.15, 0.2) is 5.78 Å². The first kappa shape index (κ1) is 19.5. The van der Waals surface area contributed by atoms with E-state index in [0.717, 1.165) is 5.56 Å². The number of hydrogen-bond donors (Lipinski definition) is 1. The Morgan fingerprint density at radius 1 is 1.30 bits per heavy atom. The molecule has 0 aliphatic carbocycles. The number of amides is 1. The zero-order valence-electron chi connectivity index (χ0n) is 15.0. The molecule has 1 aliphatic rings. The largest absolute Gasteiger partial charge is 0.373 e. The molecule has 1 amide bonds. The molecule has 0 bridgehead atoms. The summed E-state index contributed by atoms with van der Waals surface area (Å²) in [4.78, 5) is 26.9. The quantitative estimate of drug-likeness (QED) is 0.766. The molecule has 2 aromatic carbocycles. The van der Waals surface area contributed by atoms with Crippen molar-refractivity contribution in [2.75, 3.05) is 6.54 Å². The third-order valence-electron chi connectivity index (χ3n) is 5.10. The third kappa shape index (κ3) is 4.04. The van der Waals surface area contributed by atoms with E-state index in [-0.39, 0.29) is 30.3 Å². The normalized spacial score (nSPS) is 20.7. The van der Waals surface area contributed by atoms with Crippen molar-refractivity contribution in [1.82, 2.24) is 4.90 Å². The predicted molar refractivity (Wildman–Crippen MR) is 101 cm³/mol. The molecular formula is C21H21ClFNO3. The number of likely N-dealkylation sites (tertiary alicyclic amines) is 1. The Bertz CT molecular complexity index is 838. The molecule has 142 valence electrons. The maximum atomic E-state index is 13.4. The molecule has 0 spiro atoms. The van der Waals surface area contributed by atoms with Crippen LogP contribution in [0.4, 0.5) is 4.39 Å². The van der Waals surface area contributed by atoms with Gasteiger partial charge in [-0.1, -0.05) is 41.9 Å². The summed E-state index contributed by atoms with van der Waals surface area (Å²) in [5.41, 5.74) is -0.519. The van der Waals surface area contributed by atoms with Crippen LogP contribution in [0, 0.1) is 5.82 Å². The average molecular weight is 390 g/mol. The Morgan fingerprint density at radius 3 is 2.67 bits per heavy atom. The summed E-state index contributed by atoms with van der Waals surface area (Å²) < 4.78 is 13.4. The van der Waals surface area contributed by atoms with Crippen LogP contribution in [-0.2, 0) is 16.0 Å². The Kier molecular flexibility index (Phi) is 5.63. The SMILES string of the molecule is CC(c1ccccc1)N1CCC(O)(C(=O)CCc2cc(F)cc(Cl)c2)C1=O. The molecule has 1 saturated heterocycles. The van der Waals surface area contributed by atoms with Gasteiger partial charge < -0.3 is 10.0 Å². The highest BCUT2D eigenvalue weighted by molar-refractivity contribution is 6.30. The number of nitrogens with zero attached hydrogens (tertiary/aromatic N) is 1. The predicted octanol–water partition coefficient (Wildman–Crippen LogP) is 3.71. The fraction of sp³-hybridized carbons (Fsp3) is 0.333. The summed E-state index contributed by atoms with van der Waals surface area (Å²) in [7, 11) is 0. The molecule has 0 aromatic heterocycles. The summed E-state index contributed by atoms with van der Waals surface area (Å²) >= 11 is 5.82. The second-order valence-electron chi connectivity index (χ2n) is 6.90. The Morgan fingerprint density at radius 2 is 2.00 bits per heavy atom. The topological polar surface area (TPSA) is 57.6 Å². The minimum atomic E-state index is -2.01. The molecule has 1 aliphatic heterocycles. The number of ketones is 1. The van der Waals surface area contributed by atoms with Gasteiger partial charge in [0.05, 0.1) is 6.04 Å². The number of hydrogen-bond acceptors (Lipinski definition) is 3. The van der Waals surface area contributed by atoms with Crippen molar-refractivity contribution in [3.63, 3.8) is 0 Å². The molecular weight excluding hydrogens is 369 g/mol. The van der Waals surface area contributed by atoms with Crippen molar-refractivity contribution in [2.24, 2.45) is 0 Å². The van der Waals surface area contributed by atoms with Crippen molar-refractivity contribution in [3.05, 3.63) is 70.5 Å². The van der Waals surface area contributed by atoms with Crippen LogP contribution >= 0.6 is 11.6 Å². The van der Waals surface area contributed by atoms with E-state index >= 15 is 0 Å². The summed E-state index contributed by atoms with van der Waals surface area (Å²) in [6.45, 7) is 2.18. The number of halogens is 2. The van der Waals surface area contributed by atoms with E-state index < -0.39 is 23.1 Å². The van der Waals surface area contributed by atoms with Gasteiger partial charge in [-0.3, -0.25) is 9.59 Å². The van der Waals surface area contributed by atoms with Crippen molar-refractivity contribution >= 4 is 23.3 Å². The van der Waals surface area contributed by atoms with Crippen LogP contribution in [0.15, 0.2) is 48.5 Å². The minimum absolute atomic E-state index is 0.0599. The van der Waals surface area contributed by atoms with E-state index in [2.05, 4.69) is 0 Å². The van der Waals surface area contributed by atoms with Gasteiger partial charge in [-0.15, -0.1) is 0 Å². The van der Waals surface area contributed by atoms with E-state index in [9.17, 15) is 19.1 Å². The molecule has 1 heterocycles. The zero-order chi connectivity index (χ0) is 19.6. The lowest BCUT2D eigenvalue weighted by Gasteiger charge is -2.27. The summed E-state index contributed by atoms with van der Waals surface area (Å²) in [5, 5.41) is 11.0. The highest BCUT2D eigenvalue weighted by atomic mass is 35.5. The van der Waals surface area contributed by atoms with Crippen LogP contribution in [0.25, 0.3) is 0 Å². The Balaban J connectivity index is 1.68. The molecule has 0 saturated carbocycles. The number of Topliss-reactive ketones (excluding diaryl/α,β-unsaturated/α-hetero) is 1. The molecule has 0 radical (unpaired) electrons. The number of rotatable bonds is 6. The van der Waals surface area contributed by atoms with Crippen LogP contribution in [0.1, 0.15) is 36.9 Å². The van der Waals surface area contributed by atoms with E-state index in [1.54, 1.807) is 6.07 Å². The van der Waals surface area contributed by atoms with Crippen molar-refractivity contribution in [3.8, 4) is 0 Å². The van der Waals surface area contributed by atoms with Crippen molar-refractivity contribution < 1.29 is 19.1 Å². The van der Waals surface area contributed by atoms with Gasteiger partial charge in [0.2, 0.25) is 5.60 Å². The summed E-state index contributed by atoms with van der Waals surface area (Å²) in [5.74, 6) is -1.60. The standard InChI is InChI=1S/C21H21ClFNO3/c1-14(16-5-3-2-4-6-16)24-10-9-21(27,20(24)26)19(25)8-7-15-11-17(22)13-18(23)12-15/h2-6,11-14,27H,7-10H2,1H3. The maximum Gasteiger partial charge on any atom is 0.262 e. The van der Waals surface area contributed by atoms with Crippen LogP contribution in [0.3, 0.4) is 0 Å². The molecule has 2 atom stereocenters. The molecule has 4 nitrogen and oxygen atoms in total. The van der Waals surface area contributed by atoms with Crippen LogP contribution in [0.5, 0.6) is 0 Å². The van der Waals surface area contributed by atoms with E-state index in [0.29, 0.717) is 12.1 Å². The van der Waals surface area contributed by atoms with Crippen LogP contribution in [0.2, 0.25) is 5.02 Å². The van der Waals surface area contributed by atoms with Crippen LogP contribution in [-0.4, -0.2) is 33.8 Å².